The largest absolute Gasteiger partial charge is 0.355 e. The van der Waals surface area contributed by atoms with Gasteiger partial charge in [-0.05, 0) is 38.6 Å². The molecule has 1 aliphatic rings. The van der Waals surface area contributed by atoms with Gasteiger partial charge in [0.1, 0.15) is 0 Å². The van der Waals surface area contributed by atoms with Crippen LogP contribution in [0.15, 0.2) is 6.07 Å². The molecule has 2 rings (SSSR count). The minimum Gasteiger partial charge on any atom is -0.355 e. The maximum absolute atomic E-state index is 5.61. The van der Waals surface area contributed by atoms with Gasteiger partial charge >= 0.3 is 0 Å². The minimum atomic E-state index is 0.751. The van der Waals surface area contributed by atoms with Crippen molar-refractivity contribution in [3.05, 3.63) is 11.8 Å². The Morgan fingerprint density at radius 2 is 2.53 bits per heavy atom. The highest BCUT2D eigenvalue weighted by atomic mass is 15.3. The van der Waals surface area contributed by atoms with Crippen molar-refractivity contribution in [1.82, 2.24) is 10.2 Å². The summed E-state index contributed by atoms with van der Waals surface area (Å²) in [6.45, 7) is 5.09. The van der Waals surface area contributed by atoms with Crippen LogP contribution >= 0.6 is 0 Å². The maximum atomic E-state index is 5.61. The van der Waals surface area contributed by atoms with E-state index >= 15 is 0 Å². The molecule has 0 amide bonds. The van der Waals surface area contributed by atoms with E-state index in [0.29, 0.717) is 0 Å². The van der Waals surface area contributed by atoms with Crippen molar-refractivity contribution in [2.24, 2.45) is 11.7 Å². The molecule has 1 unspecified atom stereocenters. The quantitative estimate of drug-likeness (QED) is 0.786. The lowest BCUT2D eigenvalue weighted by molar-refractivity contribution is 0.394. The van der Waals surface area contributed by atoms with Gasteiger partial charge in [-0.3, -0.25) is 5.10 Å². The number of aromatic amines is 1. The molecule has 0 bridgehead atoms. The predicted octanol–water partition coefficient (Wildman–Crippen LogP) is 1.28. The number of rotatable bonds is 3. The van der Waals surface area contributed by atoms with Crippen molar-refractivity contribution in [2.75, 3.05) is 24.5 Å². The lowest BCUT2D eigenvalue weighted by Gasteiger charge is -2.32. The van der Waals surface area contributed by atoms with Crippen LogP contribution in [-0.2, 0) is 0 Å². The fourth-order valence-electron chi connectivity index (χ4n) is 2.31. The van der Waals surface area contributed by atoms with Crippen LogP contribution in [-0.4, -0.2) is 29.8 Å². The first-order valence-electron chi connectivity index (χ1n) is 5.76. The minimum absolute atomic E-state index is 0.751. The molecule has 0 spiro atoms. The summed E-state index contributed by atoms with van der Waals surface area (Å²) < 4.78 is 0. The van der Waals surface area contributed by atoms with Gasteiger partial charge < -0.3 is 10.6 Å². The molecule has 1 saturated heterocycles. The second-order valence-electron chi connectivity index (χ2n) is 4.44. The maximum Gasteiger partial charge on any atom is 0.150 e. The van der Waals surface area contributed by atoms with E-state index in [2.05, 4.69) is 21.2 Å². The van der Waals surface area contributed by atoms with Crippen LogP contribution in [0.1, 0.15) is 25.0 Å². The molecule has 0 aromatic carbocycles. The predicted molar refractivity (Wildman–Crippen MR) is 61.9 cm³/mol. The van der Waals surface area contributed by atoms with E-state index < -0.39 is 0 Å². The molecular formula is C11H20N4. The third-order valence-electron chi connectivity index (χ3n) is 3.11. The zero-order valence-electron chi connectivity index (χ0n) is 9.37. The molecule has 0 saturated carbocycles. The molecule has 15 heavy (non-hydrogen) atoms. The second kappa shape index (κ2) is 4.66. The molecule has 2 heterocycles. The molecule has 0 radical (unpaired) electrons. The number of piperidine rings is 1. The van der Waals surface area contributed by atoms with Gasteiger partial charge in [-0.1, -0.05) is 0 Å². The summed E-state index contributed by atoms with van der Waals surface area (Å²) in [5.41, 5.74) is 6.74. The van der Waals surface area contributed by atoms with Gasteiger partial charge in [-0.25, -0.2) is 0 Å². The number of hydrogen-bond donors (Lipinski definition) is 2. The highest BCUT2D eigenvalue weighted by Gasteiger charge is 2.20. The molecule has 0 aliphatic carbocycles. The van der Waals surface area contributed by atoms with Gasteiger partial charge in [-0.15, -0.1) is 0 Å². The zero-order chi connectivity index (χ0) is 10.7. The summed E-state index contributed by atoms with van der Waals surface area (Å²) in [6.07, 6.45) is 3.72. The van der Waals surface area contributed by atoms with Crippen LogP contribution in [0.4, 0.5) is 5.82 Å². The third kappa shape index (κ3) is 2.50. The van der Waals surface area contributed by atoms with Crippen molar-refractivity contribution < 1.29 is 0 Å². The van der Waals surface area contributed by atoms with Crippen LogP contribution in [0.3, 0.4) is 0 Å². The summed E-state index contributed by atoms with van der Waals surface area (Å²) in [6, 6.07) is 2.12. The number of aromatic nitrogens is 2. The van der Waals surface area contributed by atoms with Crippen molar-refractivity contribution in [2.45, 2.75) is 26.2 Å². The van der Waals surface area contributed by atoms with Crippen molar-refractivity contribution in [3.63, 3.8) is 0 Å². The Bertz CT molecular complexity index is 305. The molecule has 1 fully saturated rings. The van der Waals surface area contributed by atoms with Gasteiger partial charge in [0, 0.05) is 24.8 Å². The number of anilines is 1. The standard InChI is InChI=1S/C11H20N4/c1-9-7-11(14-13-9)15-6-2-3-10(8-15)4-5-12/h7,10H,2-6,8,12H2,1H3,(H,13,14). The molecule has 4 nitrogen and oxygen atoms in total. The van der Waals surface area contributed by atoms with E-state index in [0.717, 1.165) is 43.5 Å². The number of nitrogens with one attached hydrogen (secondary N) is 1. The van der Waals surface area contributed by atoms with E-state index in [4.69, 9.17) is 5.73 Å². The Kier molecular flexibility index (Phi) is 3.26. The summed E-state index contributed by atoms with van der Waals surface area (Å²) in [5, 5.41) is 7.30. The molecule has 84 valence electrons. The lowest BCUT2D eigenvalue weighted by Crippen LogP contribution is -2.36. The van der Waals surface area contributed by atoms with Crippen LogP contribution in [0.5, 0.6) is 0 Å². The van der Waals surface area contributed by atoms with Crippen LogP contribution in [0.2, 0.25) is 0 Å². The topological polar surface area (TPSA) is 57.9 Å². The van der Waals surface area contributed by atoms with Crippen molar-refractivity contribution >= 4 is 5.82 Å². The first-order chi connectivity index (χ1) is 7.29. The van der Waals surface area contributed by atoms with Crippen LogP contribution < -0.4 is 10.6 Å². The molecule has 3 N–H and O–H groups in total. The van der Waals surface area contributed by atoms with Crippen molar-refractivity contribution in [1.29, 1.82) is 0 Å². The highest BCUT2D eigenvalue weighted by molar-refractivity contribution is 5.39. The van der Waals surface area contributed by atoms with E-state index in [1.807, 2.05) is 6.92 Å². The fourth-order valence-corrected chi connectivity index (χ4v) is 2.31. The average Bonchev–Trinajstić information content (AvgIpc) is 2.66. The van der Waals surface area contributed by atoms with Crippen molar-refractivity contribution in [3.8, 4) is 0 Å². The Morgan fingerprint density at radius 1 is 1.67 bits per heavy atom. The second-order valence-corrected chi connectivity index (χ2v) is 4.44. The van der Waals surface area contributed by atoms with Gasteiger partial charge in [-0.2, -0.15) is 5.10 Å². The first kappa shape index (κ1) is 10.5. The average molecular weight is 208 g/mol. The van der Waals surface area contributed by atoms with E-state index in [-0.39, 0.29) is 0 Å². The van der Waals surface area contributed by atoms with E-state index in [1.165, 1.54) is 12.8 Å². The lowest BCUT2D eigenvalue weighted by atomic mass is 9.95. The molecular weight excluding hydrogens is 188 g/mol. The smallest absolute Gasteiger partial charge is 0.150 e. The van der Waals surface area contributed by atoms with Crippen LogP contribution in [0, 0.1) is 12.8 Å². The zero-order valence-corrected chi connectivity index (χ0v) is 9.37. The molecule has 4 heteroatoms. The third-order valence-corrected chi connectivity index (χ3v) is 3.11. The molecule has 1 atom stereocenters. The van der Waals surface area contributed by atoms with E-state index in [9.17, 15) is 0 Å². The molecule has 1 aromatic rings. The number of aryl methyl sites for hydroxylation is 1. The Balaban J connectivity index is 1.98. The summed E-state index contributed by atoms with van der Waals surface area (Å²) in [5.74, 6) is 1.84. The number of nitrogens with two attached hydrogens (primary N) is 1. The number of H-pyrrole nitrogens is 1. The monoisotopic (exact) mass is 208 g/mol. The highest BCUT2D eigenvalue weighted by Crippen LogP contribution is 2.23. The normalized spacial score (nSPS) is 22.0. The summed E-state index contributed by atoms with van der Waals surface area (Å²) in [7, 11) is 0. The fraction of sp³-hybridized carbons (Fsp3) is 0.727. The molecule has 1 aliphatic heterocycles. The summed E-state index contributed by atoms with van der Waals surface area (Å²) in [4.78, 5) is 2.37. The van der Waals surface area contributed by atoms with Gasteiger partial charge in [0.15, 0.2) is 5.82 Å². The van der Waals surface area contributed by atoms with Gasteiger partial charge in [0.2, 0.25) is 0 Å². The van der Waals surface area contributed by atoms with Gasteiger partial charge in [0.05, 0.1) is 0 Å². The molecule has 1 aromatic heterocycles. The first-order valence-corrected chi connectivity index (χ1v) is 5.76. The Hall–Kier alpha value is -1.03. The Labute approximate surface area is 90.8 Å². The van der Waals surface area contributed by atoms with Gasteiger partial charge in [0.25, 0.3) is 0 Å². The Morgan fingerprint density at radius 3 is 3.20 bits per heavy atom. The summed E-state index contributed by atoms with van der Waals surface area (Å²) >= 11 is 0. The number of hydrogen-bond acceptors (Lipinski definition) is 3. The number of nitrogens with zero attached hydrogens (tertiary/aromatic N) is 2. The van der Waals surface area contributed by atoms with Crippen LogP contribution in [0.25, 0.3) is 0 Å². The van der Waals surface area contributed by atoms with E-state index in [1.54, 1.807) is 0 Å². The SMILES string of the molecule is Cc1cc(N2CCCC(CCN)C2)n[nH]1.